The molecule has 1 aliphatic rings. The van der Waals surface area contributed by atoms with Crippen molar-refractivity contribution in [3.05, 3.63) is 0 Å². The predicted molar refractivity (Wildman–Crippen MR) is 34.1 cm³/mol. The lowest BCUT2D eigenvalue weighted by Crippen LogP contribution is -2.22. The number of carbonyl (C=O) groups excluding carboxylic acids is 1. The van der Waals surface area contributed by atoms with Gasteiger partial charge in [0.2, 0.25) is 6.10 Å². The van der Waals surface area contributed by atoms with Gasteiger partial charge in [-0.1, -0.05) is 0 Å². The summed E-state index contributed by atoms with van der Waals surface area (Å²) in [6, 6.07) is 1.80. The van der Waals surface area contributed by atoms with Gasteiger partial charge in [0.15, 0.2) is 5.78 Å². The summed E-state index contributed by atoms with van der Waals surface area (Å²) in [5.74, 6) is 0.0644. The van der Waals surface area contributed by atoms with Crippen molar-refractivity contribution in [2.45, 2.75) is 18.9 Å². The van der Waals surface area contributed by atoms with Gasteiger partial charge in [0.05, 0.1) is 0 Å². The zero-order valence-corrected chi connectivity index (χ0v) is 5.83. The standard InChI is InChI=1S/C7H9NO2/c1-10-6(4-8)7(9)5-2-3-5/h5-6H,2-3H2,1H3. The lowest BCUT2D eigenvalue weighted by molar-refractivity contribution is -0.127. The molecule has 0 aromatic heterocycles. The molecule has 0 aliphatic heterocycles. The summed E-state index contributed by atoms with van der Waals surface area (Å²) in [6.45, 7) is 0. The van der Waals surface area contributed by atoms with Crippen molar-refractivity contribution in [3.8, 4) is 6.07 Å². The van der Waals surface area contributed by atoms with E-state index in [-0.39, 0.29) is 11.7 Å². The van der Waals surface area contributed by atoms with Crippen molar-refractivity contribution in [1.29, 1.82) is 5.26 Å². The molecule has 0 aromatic carbocycles. The molecule has 1 aliphatic carbocycles. The Balaban J connectivity index is 2.45. The molecule has 3 heteroatoms. The van der Waals surface area contributed by atoms with Gasteiger partial charge in [-0.3, -0.25) is 4.79 Å². The first-order chi connectivity index (χ1) is 4.79. The SMILES string of the molecule is COC(C#N)C(=O)C1CC1. The van der Waals surface area contributed by atoms with Gasteiger partial charge in [-0.15, -0.1) is 0 Å². The van der Waals surface area contributed by atoms with Crippen LogP contribution < -0.4 is 0 Å². The zero-order chi connectivity index (χ0) is 7.56. The first kappa shape index (κ1) is 7.23. The molecule has 0 aromatic rings. The Kier molecular flexibility index (Phi) is 2.03. The third-order valence-electron chi connectivity index (χ3n) is 1.59. The minimum atomic E-state index is -0.826. The summed E-state index contributed by atoms with van der Waals surface area (Å²) in [6.07, 6.45) is 1.04. The van der Waals surface area contributed by atoms with E-state index in [1.807, 2.05) is 0 Å². The highest BCUT2D eigenvalue weighted by molar-refractivity contribution is 5.89. The van der Waals surface area contributed by atoms with Crippen LogP contribution in [0, 0.1) is 17.2 Å². The number of nitrogens with zero attached hydrogens (tertiary/aromatic N) is 1. The molecular formula is C7H9NO2. The lowest BCUT2D eigenvalue weighted by atomic mass is 10.2. The molecule has 54 valence electrons. The lowest BCUT2D eigenvalue weighted by Gasteiger charge is -2.02. The van der Waals surface area contributed by atoms with E-state index in [0.29, 0.717) is 0 Å². The van der Waals surface area contributed by atoms with E-state index in [9.17, 15) is 4.79 Å². The molecule has 0 bridgehead atoms. The molecule has 1 atom stereocenters. The molecule has 0 N–H and O–H groups in total. The minimum absolute atomic E-state index is 0.0509. The van der Waals surface area contributed by atoms with Crippen molar-refractivity contribution < 1.29 is 9.53 Å². The molecule has 0 heterocycles. The third kappa shape index (κ3) is 1.34. The maximum atomic E-state index is 11.0. The van der Waals surface area contributed by atoms with Crippen LogP contribution in [0.25, 0.3) is 0 Å². The first-order valence-corrected chi connectivity index (χ1v) is 3.25. The van der Waals surface area contributed by atoms with Crippen LogP contribution >= 0.6 is 0 Å². The molecule has 0 radical (unpaired) electrons. The predicted octanol–water partition coefficient (Wildman–Crippen LogP) is 0.504. The van der Waals surface area contributed by atoms with E-state index in [1.54, 1.807) is 6.07 Å². The molecule has 3 nitrogen and oxygen atoms in total. The average molecular weight is 139 g/mol. The second-order valence-electron chi connectivity index (χ2n) is 2.42. The highest BCUT2D eigenvalue weighted by atomic mass is 16.5. The van der Waals surface area contributed by atoms with Crippen molar-refractivity contribution in [2.24, 2.45) is 5.92 Å². The third-order valence-corrected chi connectivity index (χ3v) is 1.59. The Hall–Kier alpha value is -0.880. The number of ether oxygens (including phenoxy) is 1. The molecule has 1 saturated carbocycles. The molecule has 10 heavy (non-hydrogen) atoms. The highest BCUT2D eigenvalue weighted by Gasteiger charge is 2.34. The fourth-order valence-corrected chi connectivity index (χ4v) is 0.814. The summed E-state index contributed by atoms with van der Waals surface area (Å²) in [5.41, 5.74) is 0. The molecule has 0 spiro atoms. The highest BCUT2D eigenvalue weighted by Crippen LogP contribution is 2.31. The van der Waals surface area contributed by atoms with Gasteiger partial charge < -0.3 is 4.74 Å². The zero-order valence-electron chi connectivity index (χ0n) is 5.83. The number of methoxy groups -OCH3 is 1. The van der Waals surface area contributed by atoms with Crippen LogP contribution in [0.3, 0.4) is 0 Å². The molecule has 0 saturated heterocycles. The van der Waals surface area contributed by atoms with E-state index in [4.69, 9.17) is 5.26 Å². The molecule has 1 fully saturated rings. The van der Waals surface area contributed by atoms with Gasteiger partial charge in [0.25, 0.3) is 0 Å². The summed E-state index contributed by atoms with van der Waals surface area (Å²) < 4.78 is 4.65. The van der Waals surface area contributed by atoms with Crippen molar-refractivity contribution in [2.75, 3.05) is 7.11 Å². The Morgan fingerprint density at radius 3 is 2.70 bits per heavy atom. The second kappa shape index (κ2) is 2.80. The van der Waals surface area contributed by atoms with Crippen LogP contribution in [-0.4, -0.2) is 19.0 Å². The Morgan fingerprint density at radius 1 is 1.80 bits per heavy atom. The van der Waals surface area contributed by atoms with Gasteiger partial charge in [-0.25, -0.2) is 0 Å². The van der Waals surface area contributed by atoms with E-state index >= 15 is 0 Å². The average Bonchev–Trinajstić information content (AvgIpc) is 2.71. The quantitative estimate of drug-likeness (QED) is 0.572. The topological polar surface area (TPSA) is 50.1 Å². The smallest absolute Gasteiger partial charge is 0.201 e. The maximum Gasteiger partial charge on any atom is 0.201 e. The van der Waals surface area contributed by atoms with Crippen LogP contribution in [0.15, 0.2) is 0 Å². The van der Waals surface area contributed by atoms with Crippen LogP contribution in [0.4, 0.5) is 0 Å². The van der Waals surface area contributed by atoms with Gasteiger partial charge in [0, 0.05) is 13.0 Å². The summed E-state index contributed by atoms with van der Waals surface area (Å²) in [5, 5.41) is 8.38. The van der Waals surface area contributed by atoms with E-state index in [1.165, 1.54) is 7.11 Å². The number of carbonyl (C=O) groups is 1. The van der Waals surface area contributed by atoms with Crippen LogP contribution in [-0.2, 0) is 9.53 Å². The fraction of sp³-hybridized carbons (Fsp3) is 0.714. The van der Waals surface area contributed by atoms with Crippen molar-refractivity contribution >= 4 is 5.78 Å². The number of rotatable bonds is 3. The Morgan fingerprint density at radius 2 is 2.40 bits per heavy atom. The largest absolute Gasteiger partial charge is 0.359 e. The molecule has 1 rings (SSSR count). The van der Waals surface area contributed by atoms with Gasteiger partial charge in [0.1, 0.15) is 6.07 Å². The van der Waals surface area contributed by atoms with Crippen LogP contribution in [0.1, 0.15) is 12.8 Å². The summed E-state index contributed by atoms with van der Waals surface area (Å²) in [4.78, 5) is 11.0. The first-order valence-electron chi connectivity index (χ1n) is 3.25. The van der Waals surface area contributed by atoms with Crippen LogP contribution in [0.2, 0.25) is 0 Å². The number of Topliss-reactive ketones (excluding diaryl/α,β-unsaturated/α-hetero) is 1. The minimum Gasteiger partial charge on any atom is -0.359 e. The summed E-state index contributed by atoms with van der Waals surface area (Å²) in [7, 11) is 1.38. The molecule has 0 amide bonds. The van der Waals surface area contributed by atoms with Crippen molar-refractivity contribution in [1.82, 2.24) is 0 Å². The Labute approximate surface area is 59.6 Å². The normalized spacial score (nSPS) is 19.6. The van der Waals surface area contributed by atoms with E-state index in [2.05, 4.69) is 4.74 Å². The van der Waals surface area contributed by atoms with Crippen LogP contribution in [0.5, 0.6) is 0 Å². The van der Waals surface area contributed by atoms with Crippen molar-refractivity contribution in [3.63, 3.8) is 0 Å². The molecular weight excluding hydrogens is 130 g/mol. The molecule has 1 unspecified atom stereocenters. The second-order valence-corrected chi connectivity index (χ2v) is 2.42. The number of nitriles is 1. The van der Waals surface area contributed by atoms with E-state index in [0.717, 1.165) is 12.8 Å². The van der Waals surface area contributed by atoms with Gasteiger partial charge in [-0.05, 0) is 12.8 Å². The monoisotopic (exact) mass is 139 g/mol. The van der Waals surface area contributed by atoms with Gasteiger partial charge in [-0.2, -0.15) is 5.26 Å². The summed E-state index contributed by atoms with van der Waals surface area (Å²) >= 11 is 0. The van der Waals surface area contributed by atoms with E-state index < -0.39 is 6.10 Å². The van der Waals surface area contributed by atoms with Gasteiger partial charge >= 0.3 is 0 Å². The fourth-order valence-electron chi connectivity index (χ4n) is 0.814. The Bertz CT molecular complexity index is 179. The number of hydrogen-bond acceptors (Lipinski definition) is 3. The number of ketones is 1. The number of hydrogen-bond donors (Lipinski definition) is 0. The maximum absolute atomic E-state index is 11.0.